The van der Waals surface area contributed by atoms with Crippen LogP contribution in [0.2, 0.25) is 0 Å². The SMILES string of the molecule is CCCCC(=CCCC=C(CCCC)CCCC)CCCC. The first-order valence-electron chi connectivity index (χ1n) is 10.1. The lowest BCUT2D eigenvalue weighted by atomic mass is 9.99. The largest absolute Gasteiger partial charge is 0.0850 e. The van der Waals surface area contributed by atoms with Gasteiger partial charge in [0.15, 0.2) is 0 Å². The Bertz CT molecular complexity index is 232. The zero-order valence-electron chi connectivity index (χ0n) is 16.1. The molecule has 0 spiro atoms. The van der Waals surface area contributed by atoms with Gasteiger partial charge in [-0.15, -0.1) is 0 Å². The van der Waals surface area contributed by atoms with Gasteiger partial charge in [-0.25, -0.2) is 0 Å². The lowest BCUT2D eigenvalue weighted by Gasteiger charge is -2.08. The van der Waals surface area contributed by atoms with Crippen molar-refractivity contribution in [3.63, 3.8) is 0 Å². The molecule has 0 aromatic heterocycles. The number of hydrogen-bond donors (Lipinski definition) is 0. The van der Waals surface area contributed by atoms with Crippen molar-refractivity contribution < 1.29 is 0 Å². The highest BCUT2D eigenvalue weighted by Crippen LogP contribution is 2.19. The zero-order chi connectivity index (χ0) is 16.5. The fourth-order valence-electron chi connectivity index (χ4n) is 2.85. The van der Waals surface area contributed by atoms with Gasteiger partial charge >= 0.3 is 0 Å². The summed E-state index contributed by atoms with van der Waals surface area (Å²) in [6, 6.07) is 0. The van der Waals surface area contributed by atoms with Gasteiger partial charge in [0.25, 0.3) is 0 Å². The molecule has 0 aliphatic rings. The van der Waals surface area contributed by atoms with E-state index in [2.05, 4.69) is 39.8 Å². The van der Waals surface area contributed by atoms with E-state index in [1.54, 1.807) is 11.1 Å². The summed E-state index contributed by atoms with van der Waals surface area (Å²) in [7, 11) is 0. The summed E-state index contributed by atoms with van der Waals surface area (Å²) in [4.78, 5) is 0. The molecule has 22 heavy (non-hydrogen) atoms. The second-order valence-electron chi connectivity index (χ2n) is 6.72. The van der Waals surface area contributed by atoms with E-state index in [9.17, 15) is 0 Å². The summed E-state index contributed by atoms with van der Waals surface area (Å²) < 4.78 is 0. The molecule has 0 nitrogen and oxygen atoms in total. The van der Waals surface area contributed by atoms with Crippen LogP contribution in [0.3, 0.4) is 0 Å². The van der Waals surface area contributed by atoms with Gasteiger partial charge in [-0.05, 0) is 64.2 Å². The first-order valence-corrected chi connectivity index (χ1v) is 10.1. The van der Waals surface area contributed by atoms with Crippen LogP contribution in [0.1, 0.15) is 118 Å². The third kappa shape index (κ3) is 13.2. The van der Waals surface area contributed by atoms with E-state index in [4.69, 9.17) is 0 Å². The van der Waals surface area contributed by atoms with Crippen molar-refractivity contribution in [3.8, 4) is 0 Å². The van der Waals surface area contributed by atoms with Gasteiger partial charge < -0.3 is 0 Å². The van der Waals surface area contributed by atoms with Crippen molar-refractivity contribution in [3.05, 3.63) is 23.3 Å². The maximum Gasteiger partial charge on any atom is -0.0313 e. The summed E-state index contributed by atoms with van der Waals surface area (Å²) in [5, 5.41) is 0. The highest BCUT2D eigenvalue weighted by molar-refractivity contribution is 5.06. The smallest absolute Gasteiger partial charge is 0.0313 e. The minimum absolute atomic E-state index is 1.25. The average molecular weight is 307 g/mol. The van der Waals surface area contributed by atoms with E-state index in [-0.39, 0.29) is 0 Å². The van der Waals surface area contributed by atoms with Crippen molar-refractivity contribution in [1.29, 1.82) is 0 Å². The first-order chi connectivity index (χ1) is 10.8. The predicted molar refractivity (Wildman–Crippen MR) is 104 cm³/mol. The monoisotopic (exact) mass is 306 g/mol. The van der Waals surface area contributed by atoms with Crippen molar-refractivity contribution in [1.82, 2.24) is 0 Å². The van der Waals surface area contributed by atoms with E-state index >= 15 is 0 Å². The second kappa shape index (κ2) is 16.8. The molecule has 0 heteroatoms. The Morgan fingerprint density at radius 3 is 1.00 bits per heavy atom. The molecule has 0 aromatic rings. The Balaban J connectivity index is 4.29. The molecule has 0 saturated carbocycles. The lowest BCUT2D eigenvalue weighted by molar-refractivity contribution is 0.702. The van der Waals surface area contributed by atoms with Gasteiger partial charge in [0, 0.05) is 0 Å². The minimum Gasteiger partial charge on any atom is -0.0850 e. The normalized spacial score (nSPS) is 10.5. The van der Waals surface area contributed by atoms with Crippen LogP contribution < -0.4 is 0 Å². The molecule has 0 N–H and O–H groups in total. The van der Waals surface area contributed by atoms with Crippen molar-refractivity contribution in [2.75, 3.05) is 0 Å². The van der Waals surface area contributed by atoms with Crippen LogP contribution in [0.4, 0.5) is 0 Å². The Morgan fingerprint density at radius 2 is 0.773 bits per heavy atom. The highest BCUT2D eigenvalue weighted by Gasteiger charge is 1.99. The maximum atomic E-state index is 2.55. The molecular weight excluding hydrogens is 264 g/mol. The van der Waals surface area contributed by atoms with Crippen molar-refractivity contribution in [2.45, 2.75) is 118 Å². The Labute approximate surface area is 141 Å². The Hall–Kier alpha value is -0.520. The zero-order valence-corrected chi connectivity index (χ0v) is 16.1. The van der Waals surface area contributed by atoms with Gasteiger partial charge in [-0.1, -0.05) is 76.7 Å². The molecule has 0 bridgehead atoms. The van der Waals surface area contributed by atoms with Crippen molar-refractivity contribution in [2.24, 2.45) is 0 Å². The predicted octanol–water partition coefficient (Wildman–Crippen LogP) is 8.38. The molecule has 0 unspecified atom stereocenters. The van der Waals surface area contributed by atoms with E-state index in [0.29, 0.717) is 0 Å². The fraction of sp³-hybridized carbons (Fsp3) is 0.818. The number of hydrogen-bond acceptors (Lipinski definition) is 0. The third-order valence-electron chi connectivity index (χ3n) is 4.44. The fourth-order valence-corrected chi connectivity index (χ4v) is 2.85. The molecule has 0 radical (unpaired) electrons. The van der Waals surface area contributed by atoms with Gasteiger partial charge in [0.1, 0.15) is 0 Å². The van der Waals surface area contributed by atoms with Crippen LogP contribution in [-0.4, -0.2) is 0 Å². The summed E-state index contributed by atoms with van der Waals surface area (Å²) >= 11 is 0. The topological polar surface area (TPSA) is 0 Å². The standard InChI is InChI=1S/C22H42/c1-5-9-15-21(16-10-6-2)19-13-14-20-22(17-11-7-3)18-12-8-4/h19-20H,5-18H2,1-4H3. The maximum absolute atomic E-state index is 2.55. The van der Waals surface area contributed by atoms with Gasteiger partial charge in [0.2, 0.25) is 0 Å². The van der Waals surface area contributed by atoms with Gasteiger partial charge in [-0.2, -0.15) is 0 Å². The summed E-state index contributed by atoms with van der Waals surface area (Å²) in [6.45, 7) is 9.20. The molecule has 0 fully saturated rings. The van der Waals surface area contributed by atoms with Gasteiger partial charge in [-0.3, -0.25) is 0 Å². The number of unbranched alkanes of at least 4 members (excludes halogenated alkanes) is 5. The van der Waals surface area contributed by atoms with E-state index < -0.39 is 0 Å². The van der Waals surface area contributed by atoms with E-state index in [1.165, 1.54) is 89.9 Å². The highest BCUT2D eigenvalue weighted by atomic mass is 14.1. The van der Waals surface area contributed by atoms with Crippen LogP contribution in [0, 0.1) is 0 Å². The molecule has 0 saturated heterocycles. The quantitative estimate of drug-likeness (QED) is 0.210. The van der Waals surface area contributed by atoms with Crippen molar-refractivity contribution >= 4 is 0 Å². The average Bonchev–Trinajstić information content (AvgIpc) is 2.54. The van der Waals surface area contributed by atoms with Gasteiger partial charge in [0.05, 0.1) is 0 Å². The molecule has 0 heterocycles. The Kier molecular flexibility index (Phi) is 16.4. The van der Waals surface area contributed by atoms with Crippen LogP contribution >= 0.6 is 0 Å². The molecular formula is C22H42. The third-order valence-corrected chi connectivity index (χ3v) is 4.44. The van der Waals surface area contributed by atoms with Crippen LogP contribution in [0.5, 0.6) is 0 Å². The summed E-state index contributed by atoms with van der Waals surface area (Å²) in [5.41, 5.74) is 3.45. The van der Waals surface area contributed by atoms with Crippen LogP contribution in [0.25, 0.3) is 0 Å². The van der Waals surface area contributed by atoms with E-state index in [0.717, 1.165) is 0 Å². The minimum atomic E-state index is 1.25. The molecule has 0 rings (SSSR count). The molecule has 0 aliphatic heterocycles. The number of allylic oxidation sites excluding steroid dienone is 4. The summed E-state index contributed by atoms with van der Waals surface area (Å²) in [6.07, 6.45) is 23.7. The van der Waals surface area contributed by atoms with Crippen LogP contribution in [0.15, 0.2) is 23.3 Å². The first kappa shape index (κ1) is 21.5. The lowest BCUT2D eigenvalue weighted by Crippen LogP contribution is -1.87. The second-order valence-corrected chi connectivity index (χ2v) is 6.72. The van der Waals surface area contributed by atoms with Crippen LogP contribution in [-0.2, 0) is 0 Å². The Morgan fingerprint density at radius 1 is 0.500 bits per heavy atom. The molecule has 0 amide bonds. The number of rotatable bonds is 15. The molecule has 0 aromatic carbocycles. The molecule has 0 atom stereocenters. The van der Waals surface area contributed by atoms with E-state index in [1.807, 2.05) is 0 Å². The summed E-state index contributed by atoms with van der Waals surface area (Å²) in [5.74, 6) is 0. The molecule has 0 aliphatic carbocycles. The molecule has 130 valence electrons.